The van der Waals surface area contributed by atoms with Crippen molar-refractivity contribution >= 4 is 11.3 Å². The van der Waals surface area contributed by atoms with Crippen LogP contribution in [0.15, 0.2) is 11.4 Å². The van der Waals surface area contributed by atoms with Crippen LogP contribution in [0.5, 0.6) is 0 Å². The average Bonchev–Trinajstić information content (AvgIpc) is 2.74. The van der Waals surface area contributed by atoms with E-state index in [4.69, 9.17) is 10.5 Å². The van der Waals surface area contributed by atoms with E-state index in [9.17, 15) is 0 Å². The number of rotatable bonds is 2. The lowest BCUT2D eigenvalue weighted by atomic mass is 10.2. The van der Waals surface area contributed by atoms with Gasteiger partial charge in [0.1, 0.15) is 0 Å². The molecule has 0 saturated carbocycles. The smallest absolute Gasteiger partial charge is 0.0674 e. The van der Waals surface area contributed by atoms with E-state index in [1.54, 1.807) is 11.3 Å². The first-order chi connectivity index (χ1) is 8.29. The molecule has 0 spiro atoms. The van der Waals surface area contributed by atoms with E-state index in [-0.39, 0.29) is 0 Å². The lowest BCUT2D eigenvalue weighted by Gasteiger charge is -2.30. The first kappa shape index (κ1) is 12.6. The third kappa shape index (κ3) is 3.55. The van der Waals surface area contributed by atoms with Gasteiger partial charge in [0.15, 0.2) is 0 Å². The first-order valence-corrected chi connectivity index (χ1v) is 6.77. The lowest BCUT2D eigenvalue weighted by Crippen LogP contribution is -2.40. The summed E-state index contributed by atoms with van der Waals surface area (Å²) >= 11 is 1.77. The van der Waals surface area contributed by atoms with Crippen LogP contribution < -0.4 is 5.73 Å². The van der Waals surface area contributed by atoms with Crippen LogP contribution in [0.25, 0.3) is 0 Å². The van der Waals surface area contributed by atoms with Gasteiger partial charge >= 0.3 is 0 Å². The molecule has 0 radical (unpaired) electrons. The quantitative estimate of drug-likeness (QED) is 0.804. The fraction of sp³-hybridized carbons (Fsp3) is 0.538. The van der Waals surface area contributed by atoms with Crippen LogP contribution >= 0.6 is 11.3 Å². The van der Waals surface area contributed by atoms with Crippen molar-refractivity contribution in [1.82, 2.24) is 4.90 Å². The molecule has 1 aliphatic heterocycles. The molecule has 1 atom stereocenters. The zero-order valence-corrected chi connectivity index (χ0v) is 10.9. The SMILES string of the molecule is CC1CN(Cc2sccc2C#CCN)CCO1. The van der Waals surface area contributed by atoms with Crippen molar-refractivity contribution in [2.45, 2.75) is 19.6 Å². The predicted octanol–water partition coefficient (Wildman–Crippen LogP) is 1.28. The number of ether oxygens (including phenoxy) is 1. The van der Waals surface area contributed by atoms with Gasteiger partial charge < -0.3 is 10.5 Å². The Kier molecular flexibility index (Phi) is 4.57. The van der Waals surface area contributed by atoms with E-state index in [1.165, 1.54) is 4.88 Å². The van der Waals surface area contributed by atoms with Crippen LogP contribution in [-0.2, 0) is 11.3 Å². The predicted molar refractivity (Wildman–Crippen MR) is 70.9 cm³/mol. The number of hydrogen-bond donors (Lipinski definition) is 1. The number of morpholine rings is 1. The zero-order chi connectivity index (χ0) is 12.1. The van der Waals surface area contributed by atoms with E-state index < -0.39 is 0 Å². The molecule has 17 heavy (non-hydrogen) atoms. The summed E-state index contributed by atoms with van der Waals surface area (Å²) in [7, 11) is 0. The molecule has 0 bridgehead atoms. The van der Waals surface area contributed by atoms with Gasteiger partial charge in [0.2, 0.25) is 0 Å². The molecule has 2 rings (SSSR count). The molecule has 3 nitrogen and oxygen atoms in total. The Bertz CT molecular complexity index is 419. The number of thiophene rings is 1. The van der Waals surface area contributed by atoms with E-state index in [0.29, 0.717) is 12.6 Å². The van der Waals surface area contributed by atoms with Crippen molar-refractivity contribution in [2.24, 2.45) is 5.73 Å². The Morgan fingerprint density at radius 1 is 1.65 bits per heavy atom. The van der Waals surface area contributed by atoms with Crippen molar-refractivity contribution < 1.29 is 4.74 Å². The number of nitrogens with two attached hydrogens (primary N) is 1. The van der Waals surface area contributed by atoms with Gasteiger partial charge in [-0.05, 0) is 18.4 Å². The summed E-state index contributed by atoms with van der Waals surface area (Å²) in [5.41, 5.74) is 6.53. The van der Waals surface area contributed by atoms with Gasteiger partial charge in [0.05, 0.1) is 19.3 Å². The highest BCUT2D eigenvalue weighted by molar-refractivity contribution is 7.10. The topological polar surface area (TPSA) is 38.5 Å². The highest BCUT2D eigenvalue weighted by Crippen LogP contribution is 2.19. The summed E-state index contributed by atoms with van der Waals surface area (Å²) in [4.78, 5) is 3.76. The molecule has 2 N–H and O–H groups in total. The highest BCUT2D eigenvalue weighted by atomic mass is 32.1. The maximum absolute atomic E-state index is 5.54. The lowest BCUT2D eigenvalue weighted by molar-refractivity contribution is -0.0209. The Balaban J connectivity index is 2.00. The third-order valence-electron chi connectivity index (χ3n) is 2.76. The number of nitrogens with zero attached hydrogens (tertiary/aromatic N) is 1. The average molecular weight is 250 g/mol. The summed E-state index contributed by atoms with van der Waals surface area (Å²) in [6.07, 6.45) is 0.335. The minimum absolute atomic E-state index is 0.335. The fourth-order valence-electron chi connectivity index (χ4n) is 1.96. The molecule has 1 saturated heterocycles. The van der Waals surface area contributed by atoms with E-state index >= 15 is 0 Å². The molecule has 1 aromatic rings. The van der Waals surface area contributed by atoms with Crippen LogP contribution in [0.3, 0.4) is 0 Å². The van der Waals surface area contributed by atoms with E-state index in [1.807, 2.05) is 0 Å². The minimum atomic E-state index is 0.335. The molecule has 92 valence electrons. The van der Waals surface area contributed by atoms with Crippen molar-refractivity contribution in [1.29, 1.82) is 0 Å². The molecule has 1 unspecified atom stereocenters. The molecular formula is C13H18N2OS. The van der Waals surface area contributed by atoms with E-state index in [2.05, 4.69) is 35.1 Å². The van der Waals surface area contributed by atoms with Crippen molar-refractivity contribution in [2.75, 3.05) is 26.2 Å². The highest BCUT2D eigenvalue weighted by Gasteiger charge is 2.17. The molecule has 4 heteroatoms. The maximum atomic E-state index is 5.54. The van der Waals surface area contributed by atoms with Gasteiger partial charge in [0.25, 0.3) is 0 Å². The van der Waals surface area contributed by atoms with E-state index in [0.717, 1.165) is 31.8 Å². The maximum Gasteiger partial charge on any atom is 0.0674 e. The summed E-state index contributed by atoms with van der Waals surface area (Å²) in [6, 6.07) is 2.08. The summed E-state index contributed by atoms with van der Waals surface area (Å²) in [6.45, 7) is 6.35. The van der Waals surface area contributed by atoms with Crippen LogP contribution in [0.4, 0.5) is 0 Å². The second kappa shape index (κ2) is 6.18. The molecule has 2 heterocycles. The molecule has 0 aromatic carbocycles. The van der Waals surface area contributed by atoms with Crippen molar-refractivity contribution in [3.05, 3.63) is 21.9 Å². The molecule has 0 aliphatic carbocycles. The van der Waals surface area contributed by atoms with Gasteiger partial charge in [-0.25, -0.2) is 0 Å². The molecular weight excluding hydrogens is 232 g/mol. The summed E-state index contributed by atoms with van der Waals surface area (Å²) < 4.78 is 5.54. The first-order valence-electron chi connectivity index (χ1n) is 5.89. The second-order valence-corrected chi connectivity index (χ2v) is 5.18. The van der Waals surface area contributed by atoms with Gasteiger partial charge in [0, 0.05) is 30.1 Å². The van der Waals surface area contributed by atoms with Crippen LogP contribution in [0, 0.1) is 11.8 Å². The summed E-state index contributed by atoms with van der Waals surface area (Å²) in [5, 5.41) is 2.10. The van der Waals surface area contributed by atoms with Gasteiger partial charge in [-0.1, -0.05) is 11.8 Å². The number of hydrogen-bond acceptors (Lipinski definition) is 4. The molecule has 1 aromatic heterocycles. The zero-order valence-electron chi connectivity index (χ0n) is 10.1. The Labute approximate surface area is 107 Å². The Morgan fingerprint density at radius 2 is 2.53 bits per heavy atom. The van der Waals surface area contributed by atoms with Crippen molar-refractivity contribution in [3.8, 4) is 11.8 Å². The Morgan fingerprint density at radius 3 is 3.29 bits per heavy atom. The van der Waals surface area contributed by atoms with Crippen molar-refractivity contribution in [3.63, 3.8) is 0 Å². The van der Waals surface area contributed by atoms with Gasteiger partial charge in [-0.2, -0.15) is 0 Å². The van der Waals surface area contributed by atoms with Gasteiger partial charge in [-0.15, -0.1) is 11.3 Å². The van der Waals surface area contributed by atoms with Crippen LogP contribution in [-0.4, -0.2) is 37.2 Å². The second-order valence-electron chi connectivity index (χ2n) is 4.18. The molecule has 1 aliphatic rings. The van der Waals surface area contributed by atoms with Crippen LogP contribution in [0.1, 0.15) is 17.4 Å². The largest absolute Gasteiger partial charge is 0.376 e. The normalized spacial score (nSPS) is 20.9. The monoisotopic (exact) mass is 250 g/mol. The molecule has 1 fully saturated rings. The minimum Gasteiger partial charge on any atom is -0.376 e. The van der Waals surface area contributed by atoms with Gasteiger partial charge in [-0.3, -0.25) is 4.90 Å². The third-order valence-corrected chi connectivity index (χ3v) is 3.67. The molecule has 0 amide bonds. The van der Waals surface area contributed by atoms with Crippen LogP contribution in [0.2, 0.25) is 0 Å². The fourth-order valence-corrected chi connectivity index (χ4v) is 2.83. The Hall–Kier alpha value is -0.860. The summed E-state index contributed by atoms with van der Waals surface area (Å²) in [5.74, 6) is 6.05. The standard InChI is InChI=1S/C13H18N2OS/c1-11-9-15(6-7-16-11)10-13-12(3-2-5-14)4-8-17-13/h4,8,11H,5-7,9-10,14H2,1H3.